The second kappa shape index (κ2) is 6.61. The van der Waals surface area contributed by atoms with Gasteiger partial charge in [0.05, 0.1) is 5.02 Å². The molecular weight excluding hydrogens is 409 g/mol. The molecule has 0 aliphatic rings. The fourth-order valence-corrected chi connectivity index (χ4v) is 2.64. The van der Waals surface area contributed by atoms with Gasteiger partial charge in [-0.2, -0.15) is 0 Å². The van der Waals surface area contributed by atoms with E-state index in [4.69, 9.17) is 11.6 Å². The Kier molecular flexibility index (Phi) is 5.07. The van der Waals surface area contributed by atoms with Crippen LogP contribution in [-0.4, -0.2) is 11.1 Å². The molecule has 0 aromatic heterocycles. The quantitative estimate of drug-likeness (QED) is 0.725. The molecule has 0 amide bonds. The number of halogens is 3. The van der Waals surface area contributed by atoms with Gasteiger partial charge >= 0.3 is 5.97 Å². The van der Waals surface area contributed by atoms with E-state index in [1.165, 1.54) is 0 Å². The van der Waals surface area contributed by atoms with E-state index in [1.54, 1.807) is 18.2 Å². The molecule has 0 heterocycles. The first kappa shape index (κ1) is 15.4. The molecule has 2 rings (SSSR count). The van der Waals surface area contributed by atoms with Gasteiger partial charge in [0, 0.05) is 14.6 Å². The highest BCUT2D eigenvalue weighted by Gasteiger charge is 2.20. The third-order valence-electron chi connectivity index (χ3n) is 2.66. The molecule has 3 nitrogen and oxygen atoms in total. The summed E-state index contributed by atoms with van der Waals surface area (Å²) in [5.74, 6) is -0.959. The van der Waals surface area contributed by atoms with Gasteiger partial charge in [-0.3, -0.25) is 0 Å². The Balaban J connectivity index is 2.32. The topological polar surface area (TPSA) is 49.3 Å². The van der Waals surface area contributed by atoms with E-state index in [0.717, 1.165) is 10.2 Å². The van der Waals surface area contributed by atoms with Crippen molar-refractivity contribution in [2.75, 3.05) is 5.32 Å². The average molecular weight is 420 g/mol. The van der Waals surface area contributed by atoms with Crippen molar-refractivity contribution < 1.29 is 9.90 Å². The number of hydrogen-bond acceptors (Lipinski definition) is 2. The van der Waals surface area contributed by atoms with Gasteiger partial charge in [0.25, 0.3) is 0 Å². The van der Waals surface area contributed by atoms with Crippen molar-refractivity contribution in [3.63, 3.8) is 0 Å². The number of hydrogen-bond donors (Lipinski definition) is 2. The zero-order valence-corrected chi connectivity index (χ0v) is 14.0. The molecule has 0 saturated carbocycles. The largest absolute Gasteiger partial charge is 0.479 e. The first-order valence-electron chi connectivity index (χ1n) is 5.67. The average Bonchev–Trinajstić information content (AvgIpc) is 2.39. The molecule has 2 aromatic carbocycles. The molecule has 0 saturated heterocycles. The second-order valence-corrected chi connectivity index (χ2v) is 6.28. The molecule has 0 aliphatic heterocycles. The molecule has 20 heavy (non-hydrogen) atoms. The van der Waals surface area contributed by atoms with E-state index >= 15 is 0 Å². The summed E-state index contributed by atoms with van der Waals surface area (Å²) in [6.45, 7) is 0. The number of rotatable bonds is 4. The van der Waals surface area contributed by atoms with Crippen LogP contribution in [-0.2, 0) is 4.79 Å². The maximum atomic E-state index is 11.5. The van der Waals surface area contributed by atoms with Crippen molar-refractivity contribution in [2.24, 2.45) is 0 Å². The van der Waals surface area contributed by atoms with Crippen LogP contribution in [0.4, 0.5) is 5.69 Å². The SMILES string of the molecule is O=C(O)C(Nc1cccc(Br)c1)c1ccc(Cl)c(Br)c1. The minimum Gasteiger partial charge on any atom is -0.479 e. The fourth-order valence-electron chi connectivity index (χ4n) is 1.72. The molecule has 0 fully saturated rings. The number of carboxylic acids is 1. The molecule has 0 radical (unpaired) electrons. The van der Waals surface area contributed by atoms with E-state index in [-0.39, 0.29) is 0 Å². The summed E-state index contributed by atoms with van der Waals surface area (Å²) >= 11 is 12.6. The Morgan fingerprint density at radius 3 is 2.55 bits per heavy atom. The number of aliphatic carboxylic acids is 1. The van der Waals surface area contributed by atoms with Crippen LogP contribution in [0, 0.1) is 0 Å². The molecular formula is C14H10Br2ClNO2. The Labute approximate surface area is 138 Å². The van der Waals surface area contributed by atoms with Crippen molar-refractivity contribution in [2.45, 2.75) is 6.04 Å². The maximum absolute atomic E-state index is 11.5. The summed E-state index contributed by atoms with van der Waals surface area (Å²) in [5.41, 5.74) is 1.34. The van der Waals surface area contributed by atoms with Gasteiger partial charge in [-0.25, -0.2) is 4.79 Å². The lowest BCUT2D eigenvalue weighted by Crippen LogP contribution is -2.20. The number of benzene rings is 2. The molecule has 1 atom stereocenters. The first-order valence-corrected chi connectivity index (χ1v) is 7.63. The predicted octanol–water partition coefficient (Wildman–Crippen LogP) is 5.10. The number of carbonyl (C=O) groups is 1. The van der Waals surface area contributed by atoms with Crippen LogP contribution >= 0.6 is 43.5 Å². The predicted molar refractivity (Wildman–Crippen MR) is 87.3 cm³/mol. The Morgan fingerprint density at radius 1 is 1.20 bits per heavy atom. The first-order chi connectivity index (χ1) is 9.47. The summed E-state index contributed by atoms with van der Waals surface area (Å²) in [6.07, 6.45) is 0. The number of nitrogens with one attached hydrogen (secondary N) is 1. The van der Waals surface area contributed by atoms with Gasteiger partial charge in [0.15, 0.2) is 6.04 Å². The van der Waals surface area contributed by atoms with Crippen molar-refractivity contribution in [1.29, 1.82) is 0 Å². The van der Waals surface area contributed by atoms with Gasteiger partial charge in [0.1, 0.15) is 0 Å². The highest BCUT2D eigenvalue weighted by molar-refractivity contribution is 9.10. The summed E-state index contributed by atoms with van der Waals surface area (Å²) in [7, 11) is 0. The van der Waals surface area contributed by atoms with E-state index < -0.39 is 12.0 Å². The van der Waals surface area contributed by atoms with Crippen LogP contribution in [0.25, 0.3) is 0 Å². The summed E-state index contributed by atoms with van der Waals surface area (Å²) in [5, 5.41) is 12.9. The van der Waals surface area contributed by atoms with Crippen LogP contribution in [0.2, 0.25) is 5.02 Å². The molecule has 104 valence electrons. The molecule has 1 unspecified atom stereocenters. The normalized spacial score (nSPS) is 11.9. The van der Waals surface area contributed by atoms with Crippen LogP contribution in [0.1, 0.15) is 11.6 Å². The molecule has 2 aromatic rings. The van der Waals surface area contributed by atoms with Gasteiger partial charge in [-0.05, 0) is 51.8 Å². The van der Waals surface area contributed by atoms with E-state index in [9.17, 15) is 9.90 Å². The van der Waals surface area contributed by atoms with Crippen molar-refractivity contribution >= 4 is 55.1 Å². The Bertz CT molecular complexity index is 649. The van der Waals surface area contributed by atoms with Crippen molar-refractivity contribution in [1.82, 2.24) is 0 Å². The monoisotopic (exact) mass is 417 g/mol. The molecule has 0 bridgehead atoms. The van der Waals surface area contributed by atoms with E-state index in [2.05, 4.69) is 37.2 Å². The lowest BCUT2D eigenvalue weighted by Gasteiger charge is -2.17. The summed E-state index contributed by atoms with van der Waals surface area (Å²) in [4.78, 5) is 11.5. The minimum absolute atomic E-state index is 0.542. The molecule has 0 aliphatic carbocycles. The van der Waals surface area contributed by atoms with Crippen LogP contribution in [0.5, 0.6) is 0 Å². The van der Waals surface area contributed by atoms with Gasteiger partial charge in [-0.15, -0.1) is 0 Å². The minimum atomic E-state index is -0.959. The Morgan fingerprint density at radius 2 is 1.95 bits per heavy atom. The Hall–Kier alpha value is -1.04. The van der Waals surface area contributed by atoms with Gasteiger partial charge < -0.3 is 10.4 Å². The second-order valence-electron chi connectivity index (χ2n) is 4.10. The molecule has 6 heteroatoms. The van der Waals surface area contributed by atoms with Crippen LogP contribution in [0.15, 0.2) is 51.4 Å². The van der Waals surface area contributed by atoms with Crippen LogP contribution in [0.3, 0.4) is 0 Å². The standard InChI is InChI=1S/C14H10Br2ClNO2/c15-9-2-1-3-10(7-9)18-13(14(19)20)8-4-5-12(17)11(16)6-8/h1-7,13,18H,(H,19,20). The highest BCUT2D eigenvalue weighted by atomic mass is 79.9. The van der Waals surface area contributed by atoms with Crippen molar-refractivity contribution in [3.05, 3.63) is 62.0 Å². The summed E-state index contributed by atoms with van der Waals surface area (Å²) in [6, 6.07) is 11.6. The smallest absolute Gasteiger partial charge is 0.330 e. The number of anilines is 1. The van der Waals surface area contributed by atoms with Gasteiger partial charge in [-0.1, -0.05) is 39.7 Å². The maximum Gasteiger partial charge on any atom is 0.330 e. The van der Waals surface area contributed by atoms with Gasteiger partial charge in [0.2, 0.25) is 0 Å². The molecule has 2 N–H and O–H groups in total. The van der Waals surface area contributed by atoms with E-state index in [1.807, 2.05) is 24.3 Å². The van der Waals surface area contributed by atoms with Crippen molar-refractivity contribution in [3.8, 4) is 0 Å². The zero-order valence-electron chi connectivity index (χ0n) is 10.1. The lowest BCUT2D eigenvalue weighted by atomic mass is 10.1. The third-order valence-corrected chi connectivity index (χ3v) is 4.37. The molecule has 0 spiro atoms. The lowest BCUT2D eigenvalue weighted by molar-refractivity contribution is -0.138. The van der Waals surface area contributed by atoms with E-state index in [0.29, 0.717) is 15.1 Å². The zero-order chi connectivity index (χ0) is 14.7. The third kappa shape index (κ3) is 3.75. The van der Waals surface area contributed by atoms with Crippen LogP contribution < -0.4 is 5.32 Å². The highest BCUT2D eigenvalue weighted by Crippen LogP contribution is 2.28. The number of carboxylic acid groups (broad SMARTS) is 1. The fraction of sp³-hybridized carbons (Fsp3) is 0.0714. The summed E-state index contributed by atoms with van der Waals surface area (Å²) < 4.78 is 1.54.